The van der Waals surface area contributed by atoms with Gasteiger partial charge in [-0.15, -0.1) is 0 Å². The number of allylic oxidation sites excluding steroid dienone is 6. The third-order valence-electron chi connectivity index (χ3n) is 5.73. The molecule has 0 fully saturated rings. The quantitative estimate of drug-likeness (QED) is 0.436. The van der Waals surface area contributed by atoms with Crippen LogP contribution in [0.5, 0.6) is 0 Å². The highest BCUT2D eigenvalue weighted by Gasteiger charge is 2.36. The summed E-state index contributed by atoms with van der Waals surface area (Å²) in [5, 5.41) is 0. The van der Waals surface area contributed by atoms with Crippen molar-refractivity contribution in [3.05, 3.63) is 34.4 Å². The molecule has 1 atom stereocenters. The largest absolute Gasteiger partial charge is 0.0853 e. The van der Waals surface area contributed by atoms with Crippen LogP contribution in [0.4, 0.5) is 0 Å². The summed E-state index contributed by atoms with van der Waals surface area (Å²) in [5.74, 6) is 0.833. The van der Waals surface area contributed by atoms with Crippen molar-refractivity contribution in [2.24, 2.45) is 11.3 Å². The van der Waals surface area contributed by atoms with Crippen molar-refractivity contribution in [2.45, 2.75) is 79.6 Å². The molecule has 1 unspecified atom stereocenters. The van der Waals surface area contributed by atoms with Crippen LogP contribution < -0.4 is 0 Å². The summed E-state index contributed by atoms with van der Waals surface area (Å²) >= 11 is 0. The van der Waals surface area contributed by atoms with Crippen molar-refractivity contribution in [1.82, 2.24) is 0 Å². The summed E-state index contributed by atoms with van der Waals surface area (Å²) in [5.41, 5.74) is 6.98. The third kappa shape index (κ3) is 3.45. The van der Waals surface area contributed by atoms with E-state index in [1.807, 2.05) is 0 Å². The molecule has 2 aliphatic rings. The molecule has 0 aromatic rings. The molecular formula is C20H32. The average molecular weight is 272 g/mol. The van der Waals surface area contributed by atoms with Crippen LogP contribution in [0.25, 0.3) is 0 Å². The summed E-state index contributed by atoms with van der Waals surface area (Å²) in [6.07, 6.45) is 14.0. The van der Waals surface area contributed by atoms with E-state index in [0.29, 0.717) is 5.41 Å². The Hall–Kier alpha value is -0.780. The summed E-state index contributed by atoms with van der Waals surface area (Å²) in [7, 11) is 0. The van der Waals surface area contributed by atoms with Gasteiger partial charge in [0.25, 0.3) is 0 Å². The van der Waals surface area contributed by atoms with Crippen LogP contribution in [0.15, 0.2) is 34.4 Å². The molecule has 0 spiro atoms. The summed E-state index contributed by atoms with van der Waals surface area (Å²) in [4.78, 5) is 0. The van der Waals surface area contributed by atoms with Gasteiger partial charge in [0.1, 0.15) is 0 Å². The predicted octanol–water partition coefficient (Wildman–Crippen LogP) is 6.60. The number of rotatable bonds is 0. The Morgan fingerprint density at radius 2 is 1.60 bits per heavy atom. The first-order chi connectivity index (χ1) is 9.41. The van der Waals surface area contributed by atoms with Gasteiger partial charge in [-0.1, -0.05) is 48.3 Å². The Labute approximate surface area is 126 Å². The lowest BCUT2D eigenvalue weighted by atomic mass is 9.63. The van der Waals surface area contributed by atoms with Gasteiger partial charge in [-0.3, -0.25) is 0 Å². The van der Waals surface area contributed by atoms with E-state index in [-0.39, 0.29) is 0 Å². The van der Waals surface area contributed by atoms with E-state index in [1.54, 1.807) is 22.3 Å². The number of fused-ring (bicyclic) bond motifs is 2. The van der Waals surface area contributed by atoms with Gasteiger partial charge in [0.15, 0.2) is 0 Å². The molecule has 112 valence electrons. The van der Waals surface area contributed by atoms with Crippen LogP contribution in [-0.4, -0.2) is 0 Å². The van der Waals surface area contributed by atoms with Crippen LogP contribution in [-0.2, 0) is 0 Å². The minimum atomic E-state index is 0.387. The highest BCUT2D eigenvalue weighted by molar-refractivity contribution is 5.26. The highest BCUT2D eigenvalue weighted by Crippen LogP contribution is 2.48. The van der Waals surface area contributed by atoms with Crippen molar-refractivity contribution in [3.8, 4) is 0 Å². The fourth-order valence-corrected chi connectivity index (χ4v) is 4.06. The van der Waals surface area contributed by atoms with Gasteiger partial charge < -0.3 is 0 Å². The fourth-order valence-electron chi connectivity index (χ4n) is 4.06. The molecule has 0 saturated heterocycles. The van der Waals surface area contributed by atoms with Crippen molar-refractivity contribution < 1.29 is 0 Å². The van der Waals surface area contributed by atoms with Gasteiger partial charge in [-0.2, -0.15) is 0 Å². The van der Waals surface area contributed by atoms with Crippen LogP contribution in [0.1, 0.15) is 79.6 Å². The minimum absolute atomic E-state index is 0.387. The summed E-state index contributed by atoms with van der Waals surface area (Å²) < 4.78 is 0. The molecule has 0 N–H and O–H groups in total. The Balaban J connectivity index is 2.32. The van der Waals surface area contributed by atoms with Gasteiger partial charge in [-0.25, -0.2) is 0 Å². The molecule has 0 aromatic carbocycles. The maximum absolute atomic E-state index is 2.52. The van der Waals surface area contributed by atoms with Crippen LogP contribution in [0.3, 0.4) is 0 Å². The Morgan fingerprint density at radius 1 is 0.900 bits per heavy atom. The van der Waals surface area contributed by atoms with Gasteiger partial charge in [0.05, 0.1) is 0 Å². The van der Waals surface area contributed by atoms with E-state index in [1.165, 1.54) is 44.9 Å². The highest BCUT2D eigenvalue weighted by atomic mass is 14.4. The monoisotopic (exact) mass is 272 g/mol. The Morgan fingerprint density at radius 3 is 2.35 bits per heavy atom. The zero-order valence-electron chi connectivity index (χ0n) is 14.2. The second-order valence-corrected chi connectivity index (χ2v) is 7.59. The second-order valence-electron chi connectivity index (χ2n) is 7.59. The molecule has 20 heavy (non-hydrogen) atoms. The molecule has 0 aromatic heterocycles. The van der Waals surface area contributed by atoms with Crippen LogP contribution in [0.2, 0.25) is 0 Å². The molecular weight excluding hydrogens is 240 g/mol. The average Bonchev–Trinajstić information content (AvgIpc) is 2.36. The van der Waals surface area contributed by atoms with E-state index in [9.17, 15) is 0 Å². The van der Waals surface area contributed by atoms with Gasteiger partial charge in [0.2, 0.25) is 0 Å². The second kappa shape index (κ2) is 6.33. The normalized spacial score (nSPS) is 30.8. The van der Waals surface area contributed by atoms with Crippen molar-refractivity contribution >= 4 is 0 Å². The molecule has 2 bridgehead atoms. The van der Waals surface area contributed by atoms with E-state index < -0.39 is 0 Å². The van der Waals surface area contributed by atoms with Gasteiger partial charge >= 0.3 is 0 Å². The van der Waals surface area contributed by atoms with Crippen molar-refractivity contribution in [1.29, 1.82) is 0 Å². The van der Waals surface area contributed by atoms with E-state index in [2.05, 4.69) is 46.8 Å². The molecule has 0 nitrogen and oxygen atoms in total. The molecule has 0 aliphatic heterocycles. The topological polar surface area (TPSA) is 0 Å². The van der Waals surface area contributed by atoms with Crippen molar-refractivity contribution in [3.63, 3.8) is 0 Å². The minimum Gasteiger partial charge on any atom is -0.0853 e. The molecule has 0 heteroatoms. The first-order valence-corrected chi connectivity index (χ1v) is 8.41. The number of hydrogen-bond donors (Lipinski definition) is 0. The lowest BCUT2D eigenvalue weighted by Crippen LogP contribution is -2.30. The van der Waals surface area contributed by atoms with Gasteiger partial charge in [-0.05, 0) is 77.0 Å². The maximum atomic E-state index is 2.52. The molecule has 2 aliphatic carbocycles. The summed E-state index contributed by atoms with van der Waals surface area (Å²) in [6, 6.07) is 0. The zero-order valence-corrected chi connectivity index (χ0v) is 14.2. The van der Waals surface area contributed by atoms with Crippen LogP contribution in [0, 0.1) is 11.3 Å². The summed E-state index contributed by atoms with van der Waals surface area (Å²) in [6.45, 7) is 12.0. The Bertz CT molecular complexity index is 443. The fraction of sp³-hybridized carbons (Fsp3) is 0.700. The van der Waals surface area contributed by atoms with E-state index in [4.69, 9.17) is 0 Å². The van der Waals surface area contributed by atoms with Crippen LogP contribution >= 0.6 is 0 Å². The molecule has 2 rings (SSSR count). The SMILES string of the molecule is CC1=CCC/C(C)=C/CC2CCC(C)=C(CC1)C2(C)C. The first kappa shape index (κ1) is 15.6. The Kier molecular flexibility index (Phi) is 4.94. The first-order valence-electron chi connectivity index (χ1n) is 8.41. The lowest BCUT2D eigenvalue weighted by molar-refractivity contribution is 0.223. The van der Waals surface area contributed by atoms with Crippen molar-refractivity contribution in [2.75, 3.05) is 0 Å². The predicted molar refractivity (Wildman–Crippen MR) is 89.8 cm³/mol. The molecule has 0 heterocycles. The standard InChI is InChI=1S/C20H32/c1-15-7-6-8-16(2)10-14-19-17(3)11-13-18(12-9-15)20(19,4)5/h8-9,18H,6-7,10-14H2,1-5H3/b15-9+,16-8?. The van der Waals surface area contributed by atoms with E-state index >= 15 is 0 Å². The lowest BCUT2D eigenvalue weighted by Gasteiger charge is -2.42. The van der Waals surface area contributed by atoms with E-state index in [0.717, 1.165) is 5.92 Å². The van der Waals surface area contributed by atoms with Gasteiger partial charge in [0, 0.05) is 0 Å². The zero-order chi connectivity index (χ0) is 14.8. The molecule has 0 amide bonds. The smallest absolute Gasteiger partial charge is 0.0111 e. The number of hydrogen-bond acceptors (Lipinski definition) is 0. The molecule has 0 saturated carbocycles. The molecule has 0 radical (unpaired) electrons. The maximum Gasteiger partial charge on any atom is -0.0111 e. The third-order valence-corrected chi connectivity index (χ3v) is 5.73.